The Bertz CT molecular complexity index is 911. The molecule has 2 aromatic rings. The number of esters is 1. The monoisotopic (exact) mass is 436 g/mol. The molecule has 0 radical (unpaired) electrons. The molecule has 0 saturated heterocycles. The first-order valence-electron chi connectivity index (χ1n) is 8.94. The highest BCUT2D eigenvalue weighted by Crippen LogP contribution is 2.22. The highest BCUT2D eigenvalue weighted by Gasteiger charge is 2.19. The standard InChI is InChI=1S/C21H22Cl2N2O4/c1-12-5-4-6-13(2)20(12)25-18(26)11-24-21(28)14(3)29-19(27)9-15-7-8-16(22)10-17(15)23/h4-8,10,14H,9,11H2,1-3H3,(H,24,28)(H,25,26). The molecular weight excluding hydrogens is 415 g/mol. The number of amides is 2. The van der Waals surface area contributed by atoms with E-state index in [0.29, 0.717) is 21.3 Å². The van der Waals surface area contributed by atoms with Gasteiger partial charge in [0.05, 0.1) is 13.0 Å². The molecule has 6 nitrogen and oxygen atoms in total. The lowest BCUT2D eigenvalue weighted by atomic mass is 10.1. The van der Waals surface area contributed by atoms with Crippen LogP contribution in [0.15, 0.2) is 36.4 Å². The van der Waals surface area contributed by atoms with Gasteiger partial charge in [0.1, 0.15) is 0 Å². The highest BCUT2D eigenvalue weighted by molar-refractivity contribution is 6.35. The number of benzene rings is 2. The van der Waals surface area contributed by atoms with Crippen LogP contribution in [0.3, 0.4) is 0 Å². The molecule has 2 amide bonds. The molecule has 0 fully saturated rings. The van der Waals surface area contributed by atoms with Crippen molar-refractivity contribution in [3.63, 3.8) is 0 Å². The van der Waals surface area contributed by atoms with Crippen molar-refractivity contribution in [2.45, 2.75) is 33.3 Å². The Balaban J connectivity index is 1.82. The van der Waals surface area contributed by atoms with Crippen molar-refractivity contribution in [2.75, 3.05) is 11.9 Å². The Morgan fingerprint density at radius 1 is 1.07 bits per heavy atom. The van der Waals surface area contributed by atoms with Crippen molar-refractivity contribution in [1.82, 2.24) is 5.32 Å². The lowest BCUT2D eigenvalue weighted by Crippen LogP contribution is -2.40. The molecule has 8 heteroatoms. The van der Waals surface area contributed by atoms with Crippen LogP contribution in [0.5, 0.6) is 0 Å². The summed E-state index contributed by atoms with van der Waals surface area (Å²) in [6.07, 6.45) is -1.15. The average molecular weight is 437 g/mol. The molecule has 0 aliphatic rings. The van der Waals surface area contributed by atoms with E-state index >= 15 is 0 Å². The van der Waals surface area contributed by atoms with Crippen LogP contribution < -0.4 is 10.6 Å². The summed E-state index contributed by atoms with van der Waals surface area (Å²) in [7, 11) is 0. The van der Waals surface area contributed by atoms with Gasteiger partial charge in [0.25, 0.3) is 5.91 Å². The number of para-hydroxylation sites is 1. The van der Waals surface area contributed by atoms with Gasteiger partial charge in [0.2, 0.25) is 5.91 Å². The van der Waals surface area contributed by atoms with Crippen LogP contribution >= 0.6 is 23.2 Å². The maximum atomic E-state index is 12.1. The third kappa shape index (κ3) is 6.76. The number of carbonyl (C=O) groups excluding carboxylic acids is 3. The van der Waals surface area contributed by atoms with Gasteiger partial charge in [-0.1, -0.05) is 47.5 Å². The van der Waals surface area contributed by atoms with Crippen molar-refractivity contribution in [3.05, 3.63) is 63.1 Å². The van der Waals surface area contributed by atoms with E-state index in [1.54, 1.807) is 12.1 Å². The van der Waals surface area contributed by atoms with Crippen molar-refractivity contribution in [2.24, 2.45) is 0 Å². The topological polar surface area (TPSA) is 84.5 Å². The molecular formula is C21H22Cl2N2O4. The van der Waals surface area contributed by atoms with Crippen LogP contribution in [0.2, 0.25) is 10.0 Å². The molecule has 0 saturated carbocycles. The second-order valence-electron chi connectivity index (χ2n) is 6.58. The van der Waals surface area contributed by atoms with Gasteiger partial charge in [-0.15, -0.1) is 0 Å². The maximum absolute atomic E-state index is 12.1. The third-order valence-corrected chi connectivity index (χ3v) is 4.78. The number of anilines is 1. The molecule has 29 heavy (non-hydrogen) atoms. The molecule has 0 aliphatic carbocycles. The number of nitrogens with one attached hydrogen (secondary N) is 2. The van der Waals surface area contributed by atoms with Gasteiger partial charge in [0.15, 0.2) is 6.10 Å². The molecule has 2 aromatic carbocycles. The Morgan fingerprint density at radius 2 is 1.72 bits per heavy atom. The summed E-state index contributed by atoms with van der Waals surface area (Å²) in [6.45, 7) is 4.96. The predicted octanol–water partition coefficient (Wildman–Crippen LogP) is 3.84. The van der Waals surface area contributed by atoms with Crippen molar-refractivity contribution in [1.29, 1.82) is 0 Å². The zero-order valence-corrected chi connectivity index (χ0v) is 17.9. The lowest BCUT2D eigenvalue weighted by molar-refractivity contribution is -0.154. The fourth-order valence-corrected chi connectivity index (χ4v) is 3.09. The van der Waals surface area contributed by atoms with Crippen LogP contribution in [0.1, 0.15) is 23.6 Å². The molecule has 2 N–H and O–H groups in total. The number of hydrogen-bond donors (Lipinski definition) is 2. The Kier molecular flexibility index (Phi) is 8.05. The molecule has 0 spiro atoms. The van der Waals surface area contributed by atoms with E-state index in [9.17, 15) is 14.4 Å². The van der Waals surface area contributed by atoms with E-state index in [2.05, 4.69) is 10.6 Å². The van der Waals surface area contributed by atoms with E-state index in [0.717, 1.165) is 11.1 Å². The Labute approximate surface area is 179 Å². The summed E-state index contributed by atoms with van der Waals surface area (Å²) in [5.41, 5.74) is 3.10. The van der Waals surface area contributed by atoms with E-state index in [4.69, 9.17) is 27.9 Å². The summed E-state index contributed by atoms with van der Waals surface area (Å²) < 4.78 is 5.12. The number of halogens is 2. The second-order valence-corrected chi connectivity index (χ2v) is 7.42. The zero-order chi connectivity index (χ0) is 21.6. The van der Waals surface area contributed by atoms with Crippen LogP contribution in [0.25, 0.3) is 0 Å². The first-order chi connectivity index (χ1) is 13.7. The van der Waals surface area contributed by atoms with Crippen LogP contribution in [-0.4, -0.2) is 30.4 Å². The van der Waals surface area contributed by atoms with Gasteiger partial charge in [-0.05, 0) is 49.6 Å². The molecule has 2 rings (SSSR count). The van der Waals surface area contributed by atoms with Gasteiger partial charge in [-0.25, -0.2) is 0 Å². The first-order valence-corrected chi connectivity index (χ1v) is 9.70. The van der Waals surface area contributed by atoms with E-state index in [-0.39, 0.29) is 18.9 Å². The maximum Gasteiger partial charge on any atom is 0.311 e. The minimum Gasteiger partial charge on any atom is -0.452 e. The lowest BCUT2D eigenvalue weighted by Gasteiger charge is -2.15. The molecule has 1 atom stereocenters. The Morgan fingerprint density at radius 3 is 2.34 bits per heavy atom. The Hall–Kier alpha value is -2.57. The summed E-state index contributed by atoms with van der Waals surface area (Å²) in [6, 6.07) is 10.4. The quantitative estimate of drug-likeness (QED) is 0.645. The van der Waals surface area contributed by atoms with E-state index < -0.39 is 18.0 Å². The van der Waals surface area contributed by atoms with Gasteiger partial charge >= 0.3 is 5.97 Å². The van der Waals surface area contributed by atoms with Gasteiger partial charge < -0.3 is 15.4 Å². The van der Waals surface area contributed by atoms with Crippen LogP contribution in [-0.2, 0) is 25.5 Å². The molecule has 0 aliphatic heterocycles. The van der Waals surface area contributed by atoms with Crippen LogP contribution in [0.4, 0.5) is 5.69 Å². The second kappa shape index (κ2) is 10.3. The fraction of sp³-hybridized carbons (Fsp3) is 0.286. The number of rotatable bonds is 7. The van der Waals surface area contributed by atoms with Crippen molar-refractivity contribution in [3.8, 4) is 0 Å². The molecule has 0 aromatic heterocycles. The van der Waals surface area contributed by atoms with Crippen molar-refractivity contribution >= 4 is 46.7 Å². The first kappa shape index (κ1) is 22.7. The minimum absolute atomic E-state index is 0.0966. The fourth-order valence-electron chi connectivity index (χ4n) is 2.62. The van der Waals surface area contributed by atoms with E-state index in [1.165, 1.54) is 13.0 Å². The largest absolute Gasteiger partial charge is 0.452 e. The molecule has 154 valence electrons. The average Bonchev–Trinajstić information content (AvgIpc) is 2.65. The smallest absolute Gasteiger partial charge is 0.311 e. The number of carbonyl (C=O) groups is 3. The molecule has 0 heterocycles. The summed E-state index contributed by atoms with van der Waals surface area (Å²) >= 11 is 11.9. The molecule has 0 bridgehead atoms. The number of hydrogen-bond acceptors (Lipinski definition) is 4. The van der Waals surface area contributed by atoms with Crippen molar-refractivity contribution < 1.29 is 19.1 Å². The van der Waals surface area contributed by atoms with E-state index in [1.807, 2.05) is 32.0 Å². The SMILES string of the molecule is Cc1cccc(C)c1NC(=O)CNC(=O)C(C)OC(=O)Cc1ccc(Cl)cc1Cl. The zero-order valence-electron chi connectivity index (χ0n) is 16.3. The number of ether oxygens (including phenoxy) is 1. The predicted molar refractivity (Wildman–Crippen MR) is 113 cm³/mol. The summed E-state index contributed by atoms with van der Waals surface area (Å²) in [5.74, 6) is -1.56. The minimum atomic E-state index is -1.05. The van der Waals surface area contributed by atoms with Crippen LogP contribution in [0, 0.1) is 13.8 Å². The van der Waals surface area contributed by atoms with Gasteiger partial charge in [0, 0.05) is 15.7 Å². The van der Waals surface area contributed by atoms with Gasteiger partial charge in [-0.3, -0.25) is 14.4 Å². The normalized spacial score (nSPS) is 11.5. The summed E-state index contributed by atoms with van der Waals surface area (Å²) in [5, 5.41) is 6.03. The summed E-state index contributed by atoms with van der Waals surface area (Å²) in [4.78, 5) is 36.3. The highest BCUT2D eigenvalue weighted by atomic mass is 35.5. The molecule has 1 unspecified atom stereocenters. The van der Waals surface area contributed by atoms with Gasteiger partial charge in [-0.2, -0.15) is 0 Å². The number of aryl methyl sites for hydroxylation is 2. The third-order valence-electron chi connectivity index (χ3n) is 4.20.